The first-order chi connectivity index (χ1) is 10.5. The van der Waals surface area contributed by atoms with Crippen molar-refractivity contribution >= 4 is 17.8 Å². The van der Waals surface area contributed by atoms with Crippen molar-refractivity contribution < 1.29 is 19.4 Å². The fourth-order valence-electron chi connectivity index (χ4n) is 1.80. The van der Waals surface area contributed by atoms with Crippen molar-refractivity contribution in [2.45, 2.75) is 6.92 Å². The van der Waals surface area contributed by atoms with E-state index in [0.717, 1.165) is 11.1 Å². The molecular weight excluding hydrogens is 280 g/mol. The van der Waals surface area contributed by atoms with Gasteiger partial charge in [-0.15, -0.1) is 0 Å². The summed E-state index contributed by atoms with van der Waals surface area (Å²) in [6.45, 7) is 1.48. The zero-order chi connectivity index (χ0) is 15.9. The van der Waals surface area contributed by atoms with Gasteiger partial charge in [-0.2, -0.15) is 0 Å². The number of ether oxygens (including phenoxy) is 1. The van der Waals surface area contributed by atoms with Gasteiger partial charge >= 0.3 is 0 Å². The first-order valence-corrected chi connectivity index (χ1v) is 6.76. The predicted octanol–water partition coefficient (Wildman–Crippen LogP) is 2.02. The van der Waals surface area contributed by atoms with Crippen LogP contribution in [0.3, 0.4) is 0 Å². The molecule has 112 valence electrons. The molecule has 0 heterocycles. The zero-order valence-electron chi connectivity index (χ0n) is 12.1. The number of aryl methyl sites for hydroxylation is 1. The average molecular weight is 295 g/mol. The van der Waals surface area contributed by atoms with Crippen LogP contribution in [0, 0.1) is 6.92 Å². The van der Waals surface area contributed by atoms with Crippen LogP contribution in [0.5, 0.6) is 5.75 Å². The molecule has 0 fully saturated rings. The second kappa shape index (κ2) is 7.22. The molecule has 4 nitrogen and oxygen atoms in total. The first-order valence-electron chi connectivity index (χ1n) is 6.76. The third kappa shape index (κ3) is 4.59. The summed E-state index contributed by atoms with van der Waals surface area (Å²) in [5.74, 6) is -0.906. The van der Waals surface area contributed by atoms with Crippen LogP contribution in [0.4, 0.5) is 0 Å². The lowest BCUT2D eigenvalue weighted by Gasteiger charge is -2.06. The van der Waals surface area contributed by atoms with Crippen molar-refractivity contribution in [3.05, 3.63) is 71.3 Å². The van der Waals surface area contributed by atoms with Crippen molar-refractivity contribution in [3.63, 3.8) is 0 Å². The summed E-state index contributed by atoms with van der Waals surface area (Å²) in [6, 6.07) is 14.1. The molecule has 0 bridgehead atoms. The minimum absolute atomic E-state index is 0.0720. The Labute approximate surface area is 128 Å². The van der Waals surface area contributed by atoms with E-state index >= 15 is 0 Å². The Hall–Kier alpha value is -2.88. The van der Waals surface area contributed by atoms with Crippen molar-refractivity contribution in [2.75, 3.05) is 6.61 Å². The summed E-state index contributed by atoms with van der Waals surface area (Å²) >= 11 is 0. The molecule has 2 aromatic rings. The molecule has 0 spiro atoms. The minimum Gasteiger partial charge on any atom is -0.546 e. The molecule has 0 aliphatic carbocycles. The number of ketones is 1. The normalized spacial score (nSPS) is 10.6. The molecule has 0 aliphatic rings. The Morgan fingerprint density at radius 2 is 1.68 bits per heavy atom. The molecule has 0 saturated carbocycles. The highest BCUT2D eigenvalue weighted by Crippen LogP contribution is 2.13. The molecule has 0 unspecified atom stereocenters. The Morgan fingerprint density at radius 1 is 1.05 bits per heavy atom. The maximum atomic E-state index is 12.0. The van der Waals surface area contributed by atoms with E-state index in [4.69, 9.17) is 4.74 Å². The number of carbonyl (C=O) groups is 2. The van der Waals surface area contributed by atoms with Crippen molar-refractivity contribution in [1.82, 2.24) is 0 Å². The van der Waals surface area contributed by atoms with Gasteiger partial charge in [-0.05, 0) is 30.7 Å². The highest BCUT2D eigenvalue weighted by atomic mass is 16.5. The Kier molecular flexibility index (Phi) is 5.09. The molecule has 0 amide bonds. The second-order valence-electron chi connectivity index (χ2n) is 4.79. The predicted molar refractivity (Wildman–Crippen MR) is 81.5 cm³/mol. The molecule has 0 N–H and O–H groups in total. The molecule has 0 aromatic heterocycles. The van der Waals surface area contributed by atoms with Gasteiger partial charge in [0.1, 0.15) is 12.4 Å². The largest absolute Gasteiger partial charge is 0.546 e. The van der Waals surface area contributed by atoms with Gasteiger partial charge in [-0.25, -0.2) is 0 Å². The van der Waals surface area contributed by atoms with E-state index in [9.17, 15) is 14.7 Å². The van der Waals surface area contributed by atoms with Crippen LogP contribution in [0.1, 0.15) is 21.5 Å². The van der Waals surface area contributed by atoms with E-state index < -0.39 is 12.6 Å². The van der Waals surface area contributed by atoms with E-state index in [2.05, 4.69) is 0 Å². The Balaban J connectivity index is 1.99. The van der Waals surface area contributed by atoms with Gasteiger partial charge in [-0.1, -0.05) is 48.0 Å². The maximum absolute atomic E-state index is 12.0. The molecule has 2 aromatic carbocycles. The lowest BCUT2D eigenvalue weighted by molar-refractivity contribution is -0.307. The maximum Gasteiger partial charge on any atom is 0.185 e. The molecular formula is C18H15O4-. The van der Waals surface area contributed by atoms with Gasteiger partial charge in [0, 0.05) is 5.56 Å². The fourth-order valence-corrected chi connectivity index (χ4v) is 1.80. The van der Waals surface area contributed by atoms with E-state index in [1.807, 2.05) is 19.1 Å². The molecule has 0 saturated heterocycles. The van der Waals surface area contributed by atoms with Crippen LogP contribution in [0.2, 0.25) is 0 Å². The number of carboxylic acid groups (broad SMARTS) is 1. The summed E-state index contributed by atoms with van der Waals surface area (Å²) < 4.78 is 4.98. The number of hydrogen-bond acceptors (Lipinski definition) is 4. The number of allylic oxidation sites excluding steroid dienone is 1. The lowest BCUT2D eigenvalue weighted by Crippen LogP contribution is -2.28. The number of hydrogen-bond donors (Lipinski definition) is 0. The number of carboxylic acids is 1. The molecule has 2 rings (SSSR count). The smallest absolute Gasteiger partial charge is 0.185 e. The Bertz CT molecular complexity index is 682. The third-order valence-electron chi connectivity index (χ3n) is 3.00. The molecule has 0 aliphatic heterocycles. The SMILES string of the molecule is Cc1ccc(C(=O)/C=C/c2ccc(OCC(=O)[O-])cc2)cc1. The van der Waals surface area contributed by atoms with E-state index in [0.29, 0.717) is 11.3 Å². The monoisotopic (exact) mass is 295 g/mol. The molecule has 22 heavy (non-hydrogen) atoms. The van der Waals surface area contributed by atoms with Crippen LogP contribution in [-0.2, 0) is 4.79 Å². The number of benzene rings is 2. The van der Waals surface area contributed by atoms with Crippen molar-refractivity contribution in [3.8, 4) is 5.75 Å². The van der Waals surface area contributed by atoms with Crippen LogP contribution in [-0.4, -0.2) is 18.4 Å². The highest BCUT2D eigenvalue weighted by Gasteiger charge is 2.00. The average Bonchev–Trinajstić information content (AvgIpc) is 2.52. The van der Waals surface area contributed by atoms with Crippen molar-refractivity contribution in [1.29, 1.82) is 0 Å². The van der Waals surface area contributed by atoms with Gasteiger partial charge in [0.25, 0.3) is 0 Å². The summed E-state index contributed by atoms with van der Waals surface area (Å²) in [6.07, 6.45) is 3.20. The fraction of sp³-hybridized carbons (Fsp3) is 0.111. The number of carbonyl (C=O) groups excluding carboxylic acids is 2. The van der Waals surface area contributed by atoms with E-state index in [1.54, 1.807) is 42.5 Å². The Morgan fingerprint density at radius 3 is 2.27 bits per heavy atom. The van der Waals surface area contributed by atoms with E-state index in [1.165, 1.54) is 6.08 Å². The third-order valence-corrected chi connectivity index (χ3v) is 3.00. The van der Waals surface area contributed by atoms with Gasteiger partial charge in [-0.3, -0.25) is 4.79 Å². The van der Waals surface area contributed by atoms with Gasteiger partial charge in [0.15, 0.2) is 5.78 Å². The van der Waals surface area contributed by atoms with Gasteiger partial charge in [0.05, 0.1) is 5.97 Å². The second-order valence-corrected chi connectivity index (χ2v) is 4.79. The summed E-state index contributed by atoms with van der Waals surface area (Å²) in [5, 5.41) is 10.3. The van der Waals surface area contributed by atoms with Gasteiger partial charge in [0.2, 0.25) is 0 Å². The topological polar surface area (TPSA) is 66.4 Å². The van der Waals surface area contributed by atoms with Crippen LogP contribution >= 0.6 is 0 Å². The summed E-state index contributed by atoms with van der Waals surface area (Å²) in [4.78, 5) is 22.3. The summed E-state index contributed by atoms with van der Waals surface area (Å²) in [7, 11) is 0. The van der Waals surface area contributed by atoms with Gasteiger partial charge < -0.3 is 14.6 Å². The van der Waals surface area contributed by atoms with Crippen LogP contribution in [0.15, 0.2) is 54.6 Å². The molecule has 0 atom stereocenters. The zero-order valence-corrected chi connectivity index (χ0v) is 12.1. The van der Waals surface area contributed by atoms with E-state index in [-0.39, 0.29) is 5.78 Å². The van der Waals surface area contributed by atoms with Crippen molar-refractivity contribution in [2.24, 2.45) is 0 Å². The molecule has 4 heteroatoms. The standard InChI is InChI=1S/C18H16O4/c1-13-2-7-15(8-3-13)17(19)11-6-14-4-9-16(10-5-14)22-12-18(20)21/h2-11H,12H2,1H3,(H,20,21)/p-1/b11-6+. The quantitative estimate of drug-likeness (QED) is 0.604. The molecule has 0 radical (unpaired) electrons. The number of rotatable bonds is 6. The number of aliphatic carboxylic acids is 1. The minimum atomic E-state index is -1.27. The first kappa shape index (κ1) is 15.5. The van der Waals surface area contributed by atoms with Crippen LogP contribution in [0.25, 0.3) is 6.08 Å². The van der Waals surface area contributed by atoms with Crippen LogP contribution < -0.4 is 9.84 Å². The highest BCUT2D eigenvalue weighted by molar-refractivity contribution is 6.06. The lowest BCUT2D eigenvalue weighted by atomic mass is 10.1. The summed E-state index contributed by atoms with van der Waals surface area (Å²) in [5.41, 5.74) is 2.56.